The van der Waals surface area contributed by atoms with Crippen molar-refractivity contribution in [2.75, 3.05) is 11.9 Å². The monoisotopic (exact) mass is 349 g/mol. The number of esters is 1. The normalized spacial score (nSPS) is 12.6. The summed E-state index contributed by atoms with van der Waals surface area (Å²) in [6.45, 7) is 4.89. The van der Waals surface area contributed by atoms with E-state index in [0.29, 0.717) is 11.3 Å². The number of carbonyl (C=O) groups excluding carboxylic acids is 4. The second-order valence-corrected chi connectivity index (χ2v) is 5.58. The molecule has 136 valence electrons. The van der Waals surface area contributed by atoms with E-state index in [1.165, 1.54) is 19.1 Å². The lowest BCUT2D eigenvalue weighted by Gasteiger charge is -2.19. The third kappa shape index (κ3) is 6.62. The number of benzene rings is 1. The number of nitrogens with one attached hydrogen (secondary N) is 2. The molecule has 1 aromatic rings. The summed E-state index contributed by atoms with van der Waals surface area (Å²) in [6.07, 6.45) is 0.0455. The molecule has 0 aliphatic rings. The summed E-state index contributed by atoms with van der Waals surface area (Å²) in [5.74, 6) is -2.50. The average Bonchev–Trinajstić information content (AvgIpc) is 2.54. The van der Waals surface area contributed by atoms with Crippen LogP contribution in [-0.4, -0.2) is 36.3 Å². The predicted octanol–water partition coefficient (Wildman–Crippen LogP) is 0.818. The second kappa shape index (κ2) is 9.41. The highest BCUT2D eigenvalue weighted by molar-refractivity contribution is 5.98. The van der Waals surface area contributed by atoms with Crippen molar-refractivity contribution < 1.29 is 23.9 Å². The Morgan fingerprint density at radius 2 is 1.76 bits per heavy atom. The Morgan fingerprint density at radius 3 is 2.24 bits per heavy atom. The first kappa shape index (κ1) is 20.1. The molecule has 2 atom stereocenters. The van der Waals surface area contributed by atoms with Gasteiger partial charge in [-0.2, -0.15) is 0 Å². The highest BCUT2D eigenvalue weighted by Crippen LogP contribution is 2.12. The predicted molar refractivity (Wildman–Crippen MR) is 91.6 cm³/mol. The van der Waals surface area contributed by atoms with E-state index in [-0.39, 0.29) is 18.9 Å². The minimum Gasteiger partial charge on any atom is -0.466 e. The Bertz CT molecular complexity index is 642. The number of rotatable bonds is 8. The van der Waals surface area contributed by atoms with Crippen molar-refractivity contribution in [1.29, 1.82) is 0 Å². The zero-order valence-electron chi connectivity index (χ0n) is 14.5. The first-order valence-electron chi connectivity index (χ1n) is 7.89. The molecule has 0 aromatic heterocycles. The Morgan fingerprint density at radius 1 is 1.16 bits per heavy atom. The minimum atomic E-state index is -0.998. The highest BCUT2D eigenvalue weighted by atomic mass is 16.5. The fourth-order valence-electron chi connectivity index (χ4n) is 2.13. The van der Waals surface area contributed by atoms with Crippen molar-refractivity contribution in [3.05, 3.63) is 29.8 Å². The van der Waals surface area contributed by atoms with Crippen LogP contribution in [0, 0.1) is 5.92 Å². The molecule has 1 rings (SSSR count). The molecule has 0 spiro atoms. The zero-order chi connectivity index (χ0) is 19.0. The van der Waals surface area contributed by atoms with Gasteiger partial charge < -0.3 is 21.1 Å². The van der Waals surface area contributed by atoms with Gasteiger partial charge in [-0.05, 0) is 37.6 Å². The number of hydrogen-bond acceptors (Lipinski definition) is 5. The van der Waals surface area contributed by atoms with E-state index in [1.807, 2.05) is 0 Å². The Kier molecular flexibility index (Phi) is 7.58. The van der Waals surface area contributed by atoms with Crippen molar-refractivity contribution >= 4 is 29.4 Å². The lowest BCUT2D eigenvalue weighted by Crippen LogP contribution is -2.46. The molecular formula is C17H23N3O5. The van der Waals surface area contributed by atoms with Gasteiger partial charge in [0.05, 0.1) is 12.5 Å². The quantitative estimate of drug-likeness (QED) is 0.599. The van der Waals surface area contributed by atoms with E-state index < -0.39 is 29.7 Å². The maximum atomic E-state index is 12.2. The van der Waals surface area contributed by atoms with Crippen molar-refractivity contribution in [3.63, 3.8) is 0 Å². The van der Waals surface area contributed by atoms with Crippen LogP contribution < -0.4 is 16.4 Å². The molecule has 8 nitrogen and oxygen atoms in total. The largest absolute Gasteiger partial charge is 0.466 e. The Balaban J connectivity index is 2.74. The molecule has 0 aliphatic heterocycles. The standard InChI is InChI=1S/C17H23N3O5/c1-4-25-17(24)10(2)9-14(15(18)22)20-16(23)12-5-7-13(8-6-12)19-11(3)21/h5-8,10,14H,4,9H2,1-3H3,(H2,18,22)(H,19,21)(H,20,23)/t10-,14+/m1/s1. The molecule has 0 saturated heterocycles. The van der Waals surface area contributed by atoms with Gasteiger partial charge in [0, 0.05) is 18.2 Å². The first-order valence-corrected chi connectivity index (χ1v) is 7.89. The van der Waals surface area contributed by atoms with Gasteiger partial charge in [-0.3, -0.25) is 19.2 Å². The molecule has 0 aliphatic carbocycles. The Labute approximate surface area is 146 Å². The van der Waals surface area contributed by atoms with Gasteiger partial charge in [-0.25, -0.2) is 0 Å². The summed E-state index contributed by atoms with van der Waals surface area (Å²) in [4.78, 5) is 46.5. The number of nitrogens with two attached hydrogens (primary N) is 1. The van der Waals surface area contributed by atoms with Crippen LogP contribution in [0.5, 0.6) is 0 Å². The summed E-state index contributed by atoms with van der Waals surface area (Å²) in [5, 5.41) is 5.10. The number of hydrogen-bond donors (Lipinski definition) is 3. The SMILES string of the molecule is CCOC(=O)[C@H](C)C[C@H](NC(=O)c1ccc(NC(C)=O)cc1)C(N)=O. The molecule has 0 bridgehead atoms. The molecule has 0 saturated carbocycles. The number of primary amides is 1. The van der Waals surface area contributed by atoms with E-state index in [1.54, 1.807) is 26.0 Å². The van der Waals surface area contributed by atoms with Crippen molar-refractivity contribution in [3.8, 4) is 0 Å². The molecule has 0 radical (unpaired) electrons. The van der Waals surface area contributed by atoms with Gasteiger partial charge >= 0.3 is 5.97 Å². The smallest absolute Gasteiger partial charge is 0.308 e. The second-order valence-electron chi connectivity index (χ2n) is 5.58. The van der Waals surface area contributed by atoms with Gasteiger partial charge in [-0.15, -0.1) is 0 Å². The third-order valence-electron chi connectivity index (χ3n) is 3.39. The maximum absolute atomic E-state index is 12.2. The van der Waals surface area contributed by atoms with Crippen molar-refractivity contribution in [2.24, 2.45) is 11.7 Å². The number of amides is 3. The third-order valence-corrected chi connectivity index (χ3v) is 3.39. The summed E-state index contributed by atoms with van der Waals surface area (Å²) in [6, 6.07) is 5.15. The van der Waals surface area contributed by atoms with Gasteiger partial charge in [-0.1, -0.05) is 6.92 Å². The van der Waals surface area contributed by atoms with Crippen molar-refractivity contribution in [2.45, 2.75) is 33.2 Å². The highest BCUT2D eigenvalue weighted by Gasteiger charge is 2.25. The number of anilines is 1. The van der Waals surface area contributed by atoms with Crippen LogP contribution in [-0.2, 0) is 19.1 Å². The fraction of sp³-hybridized carbons (Fsp3) is 0.412. The molecule has 8 heteroatoms. The topological polar surface area (TPSA) is 128 Å². The van der Waals surface area contributed by atoms with Crippen LogP contribution in [0.4, 0.5) is 5.69 Å². The molecule has 0 heterocycles. The van der Waals surface area contributed by atoms with Gasteiger partial charge in [0.2, 0.25) is 11.8 Å². The summed E-state index contributed by atoms with van der Waals surface area (Å²) in [7, 11) is 0. The number of ether oxygens (including phenoxy) is 1. The van der Waals surface area contributed by atoms with E-state index in [4.69, 9.17) is 10.5 Å². The van der Waals surface area contributed by atoms with Gasteiger partial charge in [0.25, 0.3) is 5.91 Å². The molecular weight excluding hydrogens is 326 g/mol. The maximum Gasteiger partial charge on any atom is 0.308 e. The summed E-state index contributed by atoms with van der Waals surface area (Å²) >= 11 is 0. The Hall–Kier alpha value is -2.90. The van der Waals surface area contributed by atoms with Crippen LogP contribution in [0.1, 0.15) is 37.6 Å². The molecule has 25 heavy (non-hydrogen) atoms. The van der Waals surface area contributed by atoms with Crippen LogP contribution in [0.2, 0.25) is 0 Å². The molecule has 1 aromatic carbocycles. The van der Waals surface area contributed by atoms with Crippen LogP contribution in [0.25, 0.3) is 0 Å². The van der Waals surface area contributed by atoms with Crippen LogP contribution >= 0.6 is 0 Å². The summed E-state index contributed by atoms with van der Waals surface area (Å²) in [5.41, 5.74) is 6.15. The van der Waals surface area contributed by atoms with Gasteiger partial charge in [0.1, 0.15) is 6.04 Å². The molecule has 4 N–H and O–H groups in total. The molecule has 0 fully saturated rings. The lowest BCUT2D eigenvalue weighted by atomic mass is 10.0. The first-order chi connectivity index (χ1) is 11.7. The van der Waals surface area contributed by atoms with E-state index in [2.05, 4.69) is 10.6 Å². The minimum absolute atomic E-state index is 0.0455. The zero-order valence-corrected chi connectivity index (χ0v) is 14.5. The molecule has 3 amide bonds. The van der Waals surface area contributed by atoms with E-state index >= 15 is 0 Å². The fourth-order valence-corrected chi connectivity index (χ4v) is 2.13. The number of carbonyl (C=O) groups is 4. The molecule has 0 unspecified atom stereocenters. The summed E-state index contributed by atoms with van der Waals surface area (Å²) < 4.78 is 4.88. The van der Waals surface area contributed by atoms with Crippen LogP contribution in [0.15, 0.2) is 24.3 Å². The van der Waals surface area contributed by atoms with Crippen LogP contribution in [0.3, 0.4) is 0 Å². The van der Waals surface area contributed by atoms with E-state index in [0.717, 1.165) is 0 Å². The van der Waals surface area contributed by atoms with Gasteiger partial charge in [0.15, 0.2) is 0 Å². The lowest BCUT2D eigenvalue weighted by molar-refractivity contribution is -0.147. The van der Waals surface area contributed by atoms with E-state index in [9.17, 15) is 19.2 Å². The van der Waals surface area contributed by atoms with Crippen molar-refractivity contribution in [1.82, 2.24) is 5.32 Å². The average molecular weight is 349 g/mol.